The maximum absolute atomic E-state index is 12.1. The standard InChI is InChI=1S/C18H14N2O6/c1-11(21)13-4-2-3-5-14(13)19-18(22)7-6-12-8-16-17(26-10-25-16)9-15(12)20(23)24/h2-9H,10H2,1H3,(H,19,22)/b7-6+. The second-order valence-electron chi connectivity index (χ2n) is 5.45. The van der Waals surface area contributed by atoms with Crippen molar-refractivity contribution in [3.05, 3.63) is 63.7 Å². The average Bonchev–Trinajstić information content (AvgIpc) is 3.06. The van der Waals surface area contributed by atoms with Gasteiger partial charge in [-0.2, -0.15) is 0 Å². The highest BCUT2D eigenvalue weighted by Gasteiger charge is 2.22. The molecule has 8 nitrogen and oxygen atoms in total. The number of para-hydroxylation sites is 1. The Morgan fingerprint density at radius 2 is 1.88 bits per heavy atom. The van der Waals surface area contributed by atoms with E-state index >= 15 is 0 Å². The molecule has 1 N–H and O–H groups in total. The summed E-state index contributed by atoms with van der Waals surface area (Å²) in [4.78, 5) is 34.4. The third kappa shape index (κ3) is 3.54. The molecule has 3 rings (SSSR count). The number of ketones is 1. The molecule has 132 valence electrons. The van der Waals surface area contributed by atoms with Crippen LogP contribution < -0.4 is 14.8 Å². The number of amides is 1. The highest BCUT2D eigenvalue weighted by atomic mass is 16.7. The fraction of sp³-hybridized carbons (Fsp3) is 0.111. The number of hydrogen-bond acceptors (Lipinski definition) is 6. The van der Waals surface area contributed by atoms with Gasteiger partial charge in [-0.1, -0.05) is 12.1 Å². The van der Waals surface area contributed by atoms with Crippen LogP contribution in [0.15, 0.2) is 42.5 Å². The van der Waals surface area contributed by atoms with E-state index in [-0.39, 0.29) is 29.6 Å². The molecule has 0 saturated carbocycles. The summed E-state index contributed by atoms with van der Waals surface area (Å²) in [5, 5.41) is 13.8. The van der Waals surface area contributed by atoms with E-state index in [4.69, 9.17) is 9.47 Å². The van der Waals surface area contributed by atoms with Gasteiger partial charge in [0, 0.05) is 11.6 Å². The lowest BCUT2D eigenvalue weighted by molar-refractivity contribution is -0.385. The summed E-state index contributed by atoms with van der Waals surface area (Å²) < 4.78 is 10.3. The Balaban J connectivity index is 1.83. The van der Waals surface area contributed by atoms with Crippen LogP contribution >= 0.6 is 0 Å². The molecule has 1 aliphatic heterocycles. The monoisotopic (exact) mass is 354 g/mol. The smallest absolute Gasteiger partial charge is 0.280 e. The van der Waals surface area contributed by atoms with Gasteiger partial charge in [-0.25, -0.2) is 0 Å². The summed E-state index contributed by atoms with van der Waals surface area (Å²) in [6.07, 6.45) is 2.47. The summed E-state index contributed by atoms with van der Waals surface area (Å²) in [6.45, 7) is 1.39. The number of fused-ring (bicyclic) bond motifs is 1. The van der Waals surface area contributed by atoms with Gasteiger partial charge in [0.25, 0.3) is 5.69 Å². The minimum atomic E-state index is -0.565. The van der Waals surface area contributed by atoms with Crippen molar-refractivity contribution in [3.63, 3.8) is 0 Å². The molecule has 0 radical (unpaired) electrons. The van der Waals surface area contributed by atoms with Crippen LogP contribution in [0.3, 0.4) is 0 Å². The molecular weight excluding hydrogens is 340 g/mol. The van der Waals surface area contributed by atoms with Gasteiger partial charge in [0.2, 0.25) is 12.7 Å². The molecule has 0 fully saturated rings. The molecule has 0 bridgehead atoms. The number of Topliss-reactive ketones (excluding diaryl/α,β-unsaturated/α-hetero) is 1. The summed E-state index contributed by atoms with van der Waals surface area (Å²) in [7, 11) is 0. The lowest BCUT2D eigenvalue weighted by atomic mass is 10.1. The third-order valence-corrected chi connectivity index (χ3v) is 3.70. The lowest BCUT2D eigenvalue weighted by Gasteiger charge is -2.06. The third-order valence-electron chi connectivity index (χ3n) is 3.70. The molecule has 0 atom stereocenters. The summed E-state index contributed by atoms with van der Waals surface area (Å²) in [6, 6.07) is 9.28. The number of rotatable bonds is 5. The quantitative estimate of drug-likeness (QED) is 0.382. The van der Waals surface area contributed by atoms with Crippen molar-refractivity contribution < 1.29 is 24.0 Å². The number of nitrogens with one attached hydrogen (secondary N) is 1. The second kappa shape index (κ2) is 7.06. The van der Waals surface area contributed by atoms with Crippen molar-refractivity contribution in [3.8, 4) is 11.5 Å². The van der Waals surface area contributed by atoms with Gasteiger partial charge in [0.05, 0.1) is 22.2 Å². The van der Waals surface area contributed by atoms with Crippen LogP contribution in [0.1, 0.15) is 22.8 Å². The highest BCUT2D eigenvalue weighted by Crippen LogP contribution is 2.38. The Bertz CT molecular complexity index is 935. The van der Waals surface area contributed by atoms with Crippen molar-refractivity contribution in [1.29, 1.82) is 0 Å². The number of carbonyl (C=O) groups excluding carboxylic acids is 2. The van der Waals surface area contributed by atoms with Crippen molar-refractivity contribution >= 4 is 29.1 Å². The van der Waals surface area contributed by atoms with Gasteiger partial charge in [-0.05, 0) is 31.2 Å². The van der Waals surface area contributed by atoms with E-state index < -0.39 is 10.8 Å². The van der Waals surface area contributed by atoms with Crippen molar-refractivity contribution in [1.82, 2.24) is 0 Å². The molecule has 2 aromatic rings. The molecule has 0 aliphatic carbocycles. The van der Waals surface area contributed by atoms with E-state index in [0.717, 1.165) is 6.08 Å². The number of benzene rings is 2. The fourth-order valence-corrected chi connectivity index (χ4v) is 2.48. The van der Waals surface area contributed by atoms with E-state index in [0.29, 0.717) is 17.0 Å². The highest BCUT2D eigenvalue weighted by molar-refractivity contribution is 6.07. The predicted molar refractivity (Wildman–Crippen MR) is 93.3 cm³/mol. The Kier molecular flexibility index (Phi) is 4.66. The number of nitrogens with zero attached hydrogens (tertiary/aromatic N) is 1. The lowest BCUT2D eigenvalue weighted by Crippen LogP contribution is -2.11. The Labute approximate surface area is 148 Å². The zero-order valence-electron chi connectivity index (χ0n) is 13.7. The molecule has 8 heteroatoms. The van der Waals surface area contributed by atoms with E-state index in [1.54, 1.807) is 24.3 Å². The van der Waals surface area contributed by atoms with Gasteiger partial charge in [0.1, 0.15) is 0 Å². The first kappa shape index (κ1) is 17.2. The maximum Gasteiger partial charge on any atom is 0.280 e. The molecular formula is C18H14N2O6. The molecule has 2 aromatic carbocycles. The first-order valence-corrected chi connectivity index (χ1v) is 7.63. The molecule has 0 aromatic heterocycles. The largest absolute Gasteiger partial charge is 0.454 e. The van der Waals surface area contributed by atoms with Crippen LogP contribution in [0.2, 0.25) is 0 Å². The average molecular weight is 354 g/mol. The van der Waals surface area contributed by atoms with Gasteiger partial charge >= 0.3 is 0 Å². The van der Waals surface area contributed by atoms with Crippen molar-refractivity contribution in [2.75, 3.05) is 12.1 Å². The Morgan fingerprint density at radius 1 is 1.19 bits per heavy atom. The first-order valence-electron chi connectivity index (χ1n) is 7.63. The van der Waals surface area contributed by atoms with E-state index in [2.05, 4.69) is 5.32 Å². The van der Waals surface area contributed by atoms with E-state index in [9.17, 15) is 19.7 Å². The maximum atomic E-state index is 12.1. The molecule has 1 heterocycles. The van der Waals surface area contributed by atoms with E-state index in [1.807, 2.05) is 0 Å². The van der Waals surface area contributed by atoms with Gasteiger partial charge in [-0.3, -0.25) is 19.7 Å². The summed E-state index contributed by atoms with van der Waals surface area (Å²) in [5.74, 6) is -0.0479. The van der Waals surface area contributed by atoms with E-state index in [1.165, 1.54) is 25.1 Å². The number of hydrogen-bond donors (Lipinski definition) is 1. The normalized spacial score (nSPS) is 12.2. The van der Waals surface area contributed by atoms with Gasteiger partial charge < -0.3 is 14.8 Å². The predicted octanol–water partition coefficient (Wildman–Crippen LogP) is 3.18. The van der Waals surface area contributed by atoms with Crippen LogP contribution in [0, 0.1) is 10.1 Å². The van der Waals surface area contributed by atoms with Crippen molar-refractivity contribution in [2.45, 2.75) is 6.92 Å². The Hall–Kier alpha value is -3.68. The first-order chi connectivity index (χ1) is 12.5. The fourth-order valence-electron chi connectivity index (χ4n) is 2.48. The topological polar surface area (TPSA) is 108 Å². The summed E-state index contributed by atoms with van der Waals surface area (Å²) in [5.41, 5.74) is 0.745. The minimum absolute atomic E-state index is 0.0119. The molecule has 1 aliphatic rings. The minimum Gasteiger partial charge on any atom is -0.454 e. The molecule has 26 heavy (non-hydrogen) atoms. The van der Waals surface area contributed by atoms with Gasteiger partial charge in [-0.15, -0.1) is 0 Å². The molecule has 0 spiro atoms. The number of ether oxygens (including phenoxy) is 2. The zero-order valence-corrected chi connectivity index (χ0v) is 13.7. The Morgan fingerprint density at radius 3 is 2.58 bits per heavy atom. The summed E-state index contributed by atoms with van der Waals surface area (Å²) >= 11 is 0. The van der Waals surface area contributed by atoms with Crippen LogP contribution in [0.5, 0.6) is 11.5 Å². The van der Waals surface area contributed by atoms with Crippen LogP contribution in [-0.4, -0.2) is 23.4 Å². The SMILES string of the molecule is CC(=O)c1ccccc1NC(=O)/C=C/c1cc2c(cc1[N+](=O)[O-])OCO2. The van der Waals surface area contributed by atoms with Crippen LogP contribution in [0.4, 0.5) is 11.4 Å². The zero-order chi connectivity index (χ0) is 18.7. The second-order valence-corrected chi connectivity index (χ2v) is 5.45. The molecule has 0 saturated heterocycles. The number of anilines is 1. The van der Waals surface area contributed by atoms with Crippen molar-refractivity contribution in [2.24, 2.45) is 0 Å². The molecule has 1 amide bonds. The van der Waals surface area contributed by atoms with Gasteiger partial charge in [0.15, 0.2) is 17.3 Å². The number of nitro groups is 1. The molecule has 0 unspecified atom stereocenters. The number of nitro benzene ring substituents is 1. The van der Waals surface area contributed by atoms with Crippen LogP contribution in [-0.2, 0) is 4.79 Å². The van der Waals surface area contributed by atoms with Crippen LogP contribution in [0.25, 0.3) is 6.08 Å². The number of carbonyl (C=O) groups is 2.